The lowest BCUT2D eigenvalue weighted by Crippen LogP contribution is -1.92. The number of halogens is 3. The minimum absolute atomic E-state index is 0.103. The normalized spacial score (nSPS) is 10.8. The molecule has 0 aliphatic heterocycles. The molecule has 2 N–H and O–H groups in total. The Kier molecular flexibility index (Phi) is 3.99. The summed E-state index contributed by atoms with van der Waals surface area (Å²) in [5, 5.41) is 4.01. The van der Waals surface area contributed by atoms with Crippen molar-refractivity contribution in [3.8, 4) is 22.4 Å². The summed E-state index contributed by atoms with van der Waals surface area (Å²) in [6.07, 6.45) is 0. The van der Waals surface area contributed by atoms with Crippen LogP contribution in [0.5, 0.6) is 0 Å². The number of nitrogens with two attached hydrogens (primary N) is 1. The van der Waals surface area contributed by atoms with Crippen LogP contribution in [0.3, 0.4) is 0 Å². The van der Waals surface area contributed by atoms with Crippen LogP contribution in [0.1, 0.15) is 0 Å². The fourth-order valence-corrected chi connectivity index (χ4v) is 3.04. The molecule has 3 rings (SSSR count). The van der Waals surface area contributed by atoms with Crippen LogP contribution in [0, 0.1) is 9.39 Å². The third-order valence-corrected chi connectivity index (χ3v) is 4.48. The van der Waals surface area contributed by atoms with E-state index < -0.39 is 0 Å². The van der Waals surface area contributed by atoms with Crippen LogP contribution in [0.25, 0.3) is 22.4 Å². The first-order valence-electron chi connectivity index (χ1n) is 6.03. The van der Waals surface area contributed by atoms with Gasteiger partial charge in [-0.05, 0) is 46.9 Å². The van der Waals surface area contributed by atoms with Crippen molar-refractivity contribution in [2.45, 2.75) is 0 Å². The first-order chi connectivity index (χ1) is 10.1. The monoisotopic (exact) mass is 458 g/mol. The fourth-order valence-electron chi connectivity index (χ4n) is 2.09. The van der Waals surface area contributed by atoms with Crippen molar-refractivity contribution in [2.75, 3.05) is 5.73 Å². The molecule has 3 aromatic rings. The van der Waals surface area contributed by atoms with Crippen LogP contribution < -0.4 is 5.73 Å². The number of aromatic nitrogens is 1. The molecule has 2 aromatic carbocycles. The van der Waals surface area contributed by atoms with Gasteiger partial charge in [-0.1, -0.05) is 39.3 Å². The molecule has 106 valence electrons. The Balaban J connectivity index is 2.27. The zero-order valence-electron chi connectivity index (χ0n) is 10.6. The van der Waals surface area contributed by atoms with E-state index in [0.29, 0.717) is 16.8 Å². The van der Waals surface area contributed by atoms with Gasteiger partial charge in [-0.25, -0.2) is 4.39 Å². The lowest BCUT2D eigenvalue weighted by atomic mass is 10.0. The van der Waals surface area contributed by atoms with E-state index in [0.717, 1.165) is 13.6 Å². The van der Waals surface area contributed by atoms with Crippen molar-refractivity contribution >= 4 is 44.4 Å². The Morgan fingerprint density at radius 2 is 1.90 bits per heavy atom. The second kappa shape index (κ2) is 5.76. The second-order valence-corrected chi connectivity index (χ2v) is 6.45. The molecule has 0 saturated heterocycles. The molecule has 0 aliphatic carbocycles. The van der Waals surface area contributed by atoms with Crippen molar-refractivity contribution in [3.05, 3.63) is 56.3 Å². The number of anilines is 1. The van der Waals surface area contributed by atoms with E-state index in [1.807, 2.05) is 18.2 Å². The first-order valence-corrected chi connectivity index (χ1v) is 7.90. The molecule has 0 aliphatic rings. The molecule has 3 nitrogen and oxygen atoms in total. The summed E-state index contributed by atoms with van der Waals surface area (Å²) in [5.74, 6) is -0.260. The van der Waals surface area contributed by atoms with Crippen molar-refractivity contribution in [1.29, 1.82) is 0 Å². The van der Waals surface area contributed by atoms with Crippen LogP contribution in [-0.2, 0) is 0 Å². The van der Waals surface area contributed by atoms with Crippen LogP contribution in [0.15, 0.2) is 51.5 Å². The Hall–Kier alpha value is -1.41. The minimum atomic E-state index is -0.362. The molecule has 0 spiro atoms. The summed E-state index contributed by atoms with van der Waals surface area (Å²) >= 11 is 5.63. The number of nitrogen functional groups attached to an aromatic ring is 1. The smallest absolute Gasteiger partial charge is 0.230 e. The van der Waals surface area contributed by atoms with Crippen LogP contribution in [0.4, 0.5) is 10.3 Å². The Morgan fingerprint density at radius 1 is 1.14 bits per heavy atom. The average molecular weight is 459 g/mol. The molecule has 0 unspecified atom stereocenters. The van der Waals surface area contributed by atoms with Gasteiger partial charge in [-0.3, -0.25) is 0 Å². The van der Waals surface area contributed by atoms with Gasteiger partial charge in [0.05, 0.1) is 5.56 Å². The molecule has 6 heteroatoms. The fraction of sp³-hybridized carbons (Fsp3) is 0. The second-order valence-electron chi connectivity index (χ2n) is 4.37. The maximum Gasteiger partial charge on any atom is 0.230 e. The highest BCUT2D eigenvalue weighted by Crippen LogP contribution is 2.39. The molecule has 1 heterocycles. The van der Waals surface area contributed by atoms with E-state index in [4.69, 9.17) is 10.3 Å². The molecule has 0 radical (unpaired) electrons. The number of hydrogen-bond donors (Lipinski definition) is 1. The van der Waals surface area contributed by atoms with Gasteiger partial charge >= 0.3 is 0 Å². The Labute approximate surface area is 142 Å². The number of rotatable bonds is 2. The summed E-state index contributed by atoms with van der Waals surface area (Å²) in [4.78, 5) is 0. The number of hydrogen-bond acceptors (Lipinski definition) is 3. The molecule has 1 aromatic heterocycles. The molecule has 0 bridgehead atoms. The topological polar surface area (TPSA) is 52.0 Å². The minimum Gasteiger partial charge on any atom is -0.367 e. The summed E-state index contributed by atoms with van der Waals surface area (Å²) in [7, 11) is 0. The molecule has 0 atom stereocenters. The van der Waals surface area contributed by atoms with Gasteiger partial charge in [0, 0.05) is 19.2 Å². The van der Waals surface area contributed by atoms with Crippen molar-refractivity contribution in [2.24, 2.45) is 0 Å². The van der Waals surface area contributed by atoms with E-state index in [2.05, 4.69) is 43.7 Å². The number of benzene rings is 2. The third-order valence-electron chi connectivity index (χ3n) is 3.05. The van der Waals surface area contributed by atoms with Gasteiger partial charge in [-0.15, -0.1) is 0 Å². The van der Waals surface area contributed by atoms with Gasteiger partial charge in [0.2, 0.25) is 5.88 Å². The predicted molar refractivity (Wildman–Crippen MR) is 92.2 cm³/mol. The standard InChI is InChI=1S/C15H9BrFIN2O/c16-8-5-6-12(18)10(7-8)14-13(15(19)21-20-14)9-3-1-2-4-11(9)17/h1-7H,19H2. The largest absolute Gasteiger partial charge is 0.367 e. The highest BCUT2D eigenvalue weighted by atomic mass is 127. The van der Waals surface area contributed by atoms with Crippen LogP contribution in [0.2, 0.25) is 0 Å². The molecule has 21 heavy (non-hydrogen) atoms. The van der Waals surface area contributed by atoms with E-state index in [1.54, 1.807) is 18.2 Å². The Morgan fingerprint density at radius 3 is 2.67 bits per heavy atom. The van der Waals surface area contributed by atoms with Crippen LogP contribution >= 0.6 is 38.5 Å². The van der Waals surface area contributed by atoms with Gasteiger partial charge in [0.15, 0.2) is 0 Å². The van der Waals surface area contributed by atoms with E-state index >= 15 is 0 Å². The van der Waals surface area contributed by atoms with E-state index in [-0.39, 0.29) is 11.7 Å². The average Bonchev–Trinajstić information content (AvgIpc) is 2.84. The summed E-state index contributed by atoms with van der Waals surface area (Å²) < 4.78 is 21.0. The highest BCUT2D eigenvalue weighted by molar-refractivity contribution is 14.1. The maximum absolute atomic E-state index is 14.1. The highest BCUT2D eigenvalue weighted by Gasteiger charge is 2.21. The van der Waals surface area contributed by atoms with Gasteiger partial charge in [0.25, 0.3) is 0 Å². The molecule has 0 saturated carbocycles. The van der Waals surface area contributed by atoms with Gasteiger partial charge in [-0.2, -0.15) is 0 Å². The van der Waals surface area contributed by atoms with Crippen molar-refractivity contribution in [3.63, 3.8) is 0 Å². The summed E-state index contributed by atoms with van der Waals surface area (Å²) in [5.41, 5.74) is 8.08. The SMILES string of the molecule is Nc1onc(-c2cc(Br)ccc2I)c1-c1ccccc1F. The lowest BCUT2D eigenvalue weighted by molar-refractivity contribution is 0.439. The number of nitrogens with zero attached hydrogens (tertiary/aromatic N) is 1. The third kappa shape index (κ3) is 2.69. The zero-order chi connectivity index (χ0) is 15.0. The van der Waals surface area contributed by atoms with E-state index in [1.165, 1.54) is 6.07 Å². The van der Waals surface area contributed by atoms with Crippen molar-refractivity contribution in [1.82, 2.24) is 5.16 Å². The van der Waals surface area contributed by atoms with E-state index in [9.17, 15) is 4.39 Å². The predicted octanol–water partition coefficient (Wildman–Crippen LogP) is 5.10. The molecule has 0 fully saturated rings. The summed E-state index contributed by atoms with van der Waals surface area (Å²) in [6.45, 7) is 0. The molecular weight excluding hydrogens is 450 g/mol. The maximum atomic E-state index is 14.1. The zero-order valence-corrected chi connectivity index (χ0v) is 14.4. The molecule has 0 amide bonds. The Bertz CT molecular complexity index is 819. The van der Waals surface area contributed by atoms with Crippen molar-refractivity contribution < 1.29 is 8.91 Å². The first kappa shape index (κ1) is 14.5. The van der Waals surface area contributed by atoms with Crippen LogP contribution in [-0.4, -0.2) is 5.16 Å². The lowest BCUT2D eigenvalue weighted by Gasteiger charge is -2.06. The molecular formula is C15H9BrFIN2O. The van der Waals surface area contributed by atoms with Gasteiger partial charge < -0.3 is 10.3 Å². The quantitative estimate of drug-likeness (QED) is 0.543. The summed E-state index contributed by atoms with van der Waals surface area (Å²) in [6, 6.07) is 12.2. The van der Waals surface area contributed by atoms with Gasteiger partial charge in [0.1, 0.15) is 11.5 Å².